The average Bonchev–Trinajstić information content (AvgIpc) is 2.41. The zero-order chi connectivity index (χ0) is 14.8. The molecule has 7 heteroatoms. The van der Waals surface area contributed by atoms with Crippen LogP contribution in [-0.2, 0) is 10.0 Å². The Hall–Kier alpha value is -1.13. The van der Waals surface area contributed by atoms with Crippen molar-refractivity contribution in [3.8, 4) is 6.07 Å². The molecule has 1 aliphatic rings. The fourth-order valence-corrected chi connectivity index (χ4v) is 3.89. The number of aliphatic hydroxyl groups excluding tert-OH is 1. The molecule has 2 rings (SSSR count). The summed E-state index contributed by atoms with van der Waals surface area (Å²) in [6, 6.07) is 5.36. The maximum atomic E-state index is 12.2. The van der Waals surface area contributed by atoms with E-state index in [1.54, 1.807) is 0 Å². The van der Waals surface area contributed by atoms with Gasteiger partial charge in [0, 0.05) is 6.04 Å². The molecule has 0 amide bonds. The van der Waals surface area contributed by atoms with Crippen molar-refractivity contribution in [3.63, 3.8) is 0 Å². The van der Waals surface area contributed by atoms with E-state index >= 15 is 0 Å². The second kappa shape index (κ2) is 6.10. The van der Waals surface area contributed by atoms with E-state index in [1.165, 1.54) is 18.2 Å². The molecule has 1 aliphatic carbocycles. The molecule has 0 heterocycles. The van der Waals surface area contributed by atoms with Crippen LogP contribution >= 0.6 is 11.6 Å². The number of hydrogen-bond donors (Lipinski definition) is 2. The average molecular weight is 315 g/mol. The van der Waals surface area contributed by atoms with Crippen LogP contribution in [0.2, 0.25) is 5.02 Å². The lowest BCUT2D eigenvalue weighted by molar-refractivity contribution is 0.101. The first-order valence-electron chi connectivity index (χ1n) is 6.34. The van der Waals surface area contributed by atoms with Gasteiger partial charge in [-0.15, -0.1) is 0 Å². The van der Waals surface area contributed by atoms with Crippen molar-refractivity contribution in [1.82, 2.24) is 4.72 Å². The highest BCUT2D eigenvalue weighted by Gasteiger charge is 2.28. The van der Waals surface area contributed by atoms with Gasteiger partial charge in [0.15, 0.2) is 0 Å². The lowest BCUT2D eigenvalue weighted by Crippen LogP contribution is -2.44. The summed E-state index contributed by atoms with van der Waals surface area (Å²) in [5.41, 5.74) is 0.225. The van der Waals surface area contributed by atoms with Gasteiger partial charge in [0.1, 0.15) is 6.07 Å². The highest BCUT2D eigenvalue weighted by atomic mass is 35.5. The Bertz CT molecular complexity index is 640. The predicted octanol–water partition coefficient (Wildman–Crippen LogP) is 1.79. The maximum absolute atomic E-state index is 12.2. The van der Waals surface area contributed by atoms with Gasteiger partial charge >= 0.3 is 0 Å². The van der Waals surface area contributed by atoms with Crippen LogP contribution in [0.15, 0.2) is 23.1 Å². The Morgan fingerprint density at radius 2 is 2.05 bits per heavy atom. The minimum Gasteiger partial charge on any atom is -0.391 e. The summed E-state index contributed by atoms with van der Waals surface area (Å²) < 4.78 is 27.0. The molecule has 2 N–H and O–H groups in total. The molecule has 1 aromatic carbocycles. The first-order chi connectivity index (χ1) is 9.44. The van der Waals surface area contributed by atoms with E-state index in [1.807, 2.05) is 6.07 Å². The maximum Gasteiger partial charge on any atom is 0.240 e. The van der Waals surface area contributed by atoms with Crippen molar-refractivity contribution in [2.75, 3.05) is 0 Å². The smallest absolute Gasteiger partial charge is 0.240 e. The van der Waals surface area contributed by atoms with Gasteiger partial charge in [0.05, 0.1) is 21.6 Å². The number of hydrogen-bond acceptors (Lipinski definition) is 4. The molecule has 1 saturated carbocycles. The molecule has 0 spiro atoms. The van der Waals surface area contributed by atoms with E-state index in [0.717, 1.165) is 12.8 Å². The summed E-state index contributed by atoms with van der Waals surface area (Å²) in [5, 5.41) is 18.7. The Balaban J connectivity index is 2.22. The van der Waals surface area contributed by atoms with Crippen molar-refractivity contribution >= 4 is 21.6 Å². The fraction of sp³-hybridized carbons (Fsp3) is 0.462. The van der Waals surface area contributed by atoms with Gasteiger partial charge in [0.2, 0.25) is 10.0 Å². The Labute approximate surface area is 123 Å². The molecule has 0 aliphatic heterocycles. The lowest BCUT2D eigenvalue weighted by Gasteiger charge is -2.28. The third kappa shape index (κ3) is 3.30. The summed E-state index contributed by atoms with van der Waals surface area (Å²) >= 11 is 5.84. The Morgan fingerprint density at radius 1 is 1.35 bits per heavy atom. The molecule has 0 saturated heterocycles. The molecular formula is C13H15ClN2O3S. The second-order valence-corrected chi connectivity index (χ2v) is 6.95. The van der Waals surface area contributed by atoms with Crippen molar-refractivity contribution in [2.24, 2.45) is 0 Å². The highest BCUT2D eigenvalue weighted by molar-refractivity contribution is 7.89. The molecular weight excluding hydrogens is 300 g/mol. The summed E-state index contributed by atoms with van der Waals surface area (Å²) in [5.74, 6) is 0. The third-order valence-electron chi connectivity index (χ3n) is 3.41. The topological polar surface area (TPSA) is 90.2 Å². The zero-order valence-electron chi connectivity index (χ0n) is 10.7. The number of benzene rings is 1. The number of nitrogens with one attached hydrogen (secondary N) is 1. The van der Waals surface area contributed by atoms with Gasteiger partial charge in [-0.25, -0.2) is 13.1 Å². The van der Waals surface area contributed by atoms with E-state index in [-0.39, 0.29) is 15.5 Å². The number of aliphatic hydroxyl groups is 1. The van der Waals surface area contributed by atoms with Gasteiger partial charge in [-0.05, 0) is 31.0 Å². The fourth-order valence-electron chi connectivity index (χ4n) is 2.27. The van der Waals surface area contributed by atoms with E-state index < -0.39 is 22.2 Å². The van der Waals surface area contributed by atoms with Gasteiger partial charge in [-0.2, -0.15) is 5.26 Å². The van der Waals surface area contributed by atoms with Crippen molar-refractivity contribution < 1.29 is 13.5 Å². The SMILES string of the molecule is N#Cc1ccc(S(=O)(=O)NC2CCCCC2O)cc1Cl. The van der Waals surface area contributed by atoms with Crippen LogP contribution in [0.5, 0.6) is 0 Å². The molecule has 0 aromatic heterocycles. The molecule has 2 atom stereocenters. The number of sulfonamides is 1. The van der Waals surface area contributed by atoms with E-state index in [9.17, 15) is 13.5 Å². The van der Waals surface area contributed by atoms with Gasteiger partial charge in [-0.1, -0.05) is 24.4 Å². The molecule has 20 heavy (non-hydrogen) atoms. The quantitative estimate of drug-likeness (QED) is 0.890. The van der Waals surface area contributed by atoms with Crippen molar-refractivity contribution in [3.05, 3.63) is 28.8 Å². The largest absolute Gasteiger partial charge is 0.391 e. The number of nitrogens with zero attached hydrogens (tertiary/aromatic N) is 1. The van der Waals surface area contributed by atoms with E-state index in [4.69, 9.17) is 16.9 Å². The molecule has 108 valence electrons. The monoisotopic (exact) mass is 314 g/mol. The highest BCUT2D eigenvalue weighted by Crippen LogP contribution is 2.23. The molecule has 5 nitrogen and oxygen atoms in total. The lowest BCUT2D eigenvalue weighted by atomic mass is 9.93. The van der Waals surface area contributed by atoms with Crippen LogP contribution in [-0.4, -0.2) is 25.7 Å². The molecule has 2 unspecified atom stereocenters. The minimum absolute atomic E-state index is 0.000673. The first kappa shape index (κ1) is 15.3. The van der Waals surface area contributed by atoms with Crippen molar-refractivity contribution in [1.29, 1.82) is 5.26 Å². The summed E-state index contributed by atoms with van der Waals surface area (Å²) in [4.78, 5) is -0.000673. The molecule has 0 bridgehead atoms. The number of rotatable bonds is 3. The Kier molecular flexibility index (Phi) is 4.66. The zero-order valence-corrected chi connectivity index (χ0v) is 12.3. The predicted molar refractivity (Wildman–Crippen MR) is 74.8 cm³/mol. The van der Waals surface area contributed by atoms with Crippen LogP contribution in [0.4, 0.5) is 0 Å². The van der Waals surface area contributed by atoms with Crippen molar-refractivity contribution in [2.45, 2.75) is 42.7 Å². The van der Waals surface area contributed by atoms with Crippen LogP contribution in [0.1, 0.15) is 31.2 Å². The van der Waals surface area contributed by atoms with Crippen LogP contribution in [0.3, 0.4) is 0 Å². The third-order valence-corrected chi connectivity index (χ3v) is 5.21. The van der Waals surface area contributed by atoms with E-state index in [2.05, 4.69) is 4.72 Å². The van der Waals surface area contributed by atoms with Crippen LogP contribution in [0.25, 0.3) is 0 Å². The van der Waals surface area contributed by atoms with Crippen LogP contribution in [0, 0.1) is 11.3 Å². The normalized spacial score (nSPS) is 23.2. The Morgan fingerprint density at radius 3 is 2.65 bits per heavy atom. The summed E-state index contributed by atoms with van der Waals surface area (Å²) in [6.45, 7) is 0. The standard InChI is InChI=1S/C13H15ClN2O3S/c14-11-7-10(6-5-9(11)8-15)20(18,19)16-12-3-1-2-4-13(12)17/h5-7,12-13,16-17H,1-4H2. The first-order valence-corrected chi connectivity index (χ1v) is 8.20. The minimum atomic E-state index is -3.74. The number of halogens is 1. The van der Waals surface area contributed by atoms with E-state index in [0.29, 0.717) is 12.8 Å². The number of nitriles is 1. The van der Waals surface area contributed by atoms with Gasteiger partial charge < -0.3 is 5.11 Å². The summed E-state index contributed by atoms with van der Waals surface area (Å²) in [7, 11) is -3.74. The van der Waals surface area contributed by atoms with Gasteiger partial charge in [0.25, 0.3) is 0 Å². The van der Waals surface area contributed by atoms with Crippen LogP contribution < -0.4 is 4.72 Å². The second-order valence-electron chi connectivity index (χ2n) is 4.83. The summed E-state index contributed by atoms with van der Waals surface area (Å²) in [6.07, 6.45) is 2.35. The molecule has 0 radical (unpaired) electrons. The molecule has 1 fully saturated rings. The van der Waals surface area contributed by atoms with Gasteiger partial charge in [-0.3, -0.25) is 0 Å². The molecule has 1 aromatic rings.